The molecule has 0 aromatic heterocycles. The van der Waals surface area contributed by atoms with E-state index in [2.05, 4.69) is 0 Å². The molecule has 0 fully saturated rings. The van der Waals surface area contributed by atoms with Gasteiger partial charge in [-0.25, -0.2) is 0 Å². The number of phosphoric acid groups is 1. The van der Waals surface area contributed by atoms with Crippen LogP contribution in [0.25, 0.3) is 0 Å². The van der Waals surface area contributed by atoms with E-state index in [9.17, 15) is 0 Å². The van der Waals surface area contributed by atoms with Gasteiger partial charge in [0.25, 0.3) is 0 Å². The molecule has 0 bridgehead atoms. The summed E-state index contributed by atoms with van der Waals surface area (Å²) in [4.78, 5) is 34.5. The molecule has 0 amide bonds. The van der Waals surface area contributed by atoms with Crippen LogP contribution >= 0.6 is 44.8 Å². The minimum absolute atomic E-state index is 0.278. The van der Waals surface area contributed by atoms with Gasteiger partial charge in [-0.1, -0.05) is 0 Å². The number of aliphatic carboxylic acids is 1. The monoisotopic (exact) mass is 414 g/mol. The average molecular weight is 414 g/mol. The van der Waals surface area contributed by atoms with Crippen molar-refractivity contribution in [2.24, 2.45) is 0 Å². The molecule has 0 aliphatic carbocycles. The molecular weight excluding hydrogens is 387 g/mol. The predicted octanol–water partition coefficient (Wildman–Crippen LogP) is -5.89. The molecule has 0 aliphatic heterocycles. The van der Waals surface area contributed by atoms with Gasteiger partial charge in [0.2, 0.25) is 0 Å². The Bertz CT molecular complexity index is 169. The van der Waals surface area contributed by atoms with Gasteiger partial charge in [0.15, 0.2) is 0 Å². The van der Waals surface area contributed by atoms with E-state index in [1.54, 1.807) is 0 Å². The first-order chi connectivity index (χ1) is 9.39. The molecule has 0 saturated heterocycles. The van der Waals surface area contributed by atoms with Crippen molar-refractivity contribution in [1.82, 2.24) is 0 Å². The van der Waals surface area contributed by atoms with Gasteiger partial charge in [-0.05, 0) is 6.92 Å². The zero-order valence-electron chi connectivity index (χ0n) is 11.8. The fraction of sp³-hybridized carbons (Fsp3) is 0.833. The molecule has 136 valence electrons. The first-order valence-corrected chi connectivity index (χ1v) is 10.4. The summed E-state index contributed by atoms with van der Waals surface area (Å²) in [6.07, 6.45) is 1.11. The molecule has 0 aromatic rings. The lowest BCUT2D eigenvalue weighted by Crippen LogP contribution is -2.24. The van der Waals surface area contributed by atoms with Crippen molar-refractivity contribution in [2.75, 3.05) is 25.4 Å². The molecule has 0 heterocycles. The van der Waals surface area contributed by atoms with Gasteiger partial charge in [0, 0.05) is 42.9 Å². The summed E-state index contributed by atoms with van der Waals surface area (Å²) in [5.41, 5.74) is 0. The SMILES string of the molecule is CC(=O)[O-].O=P([O-])([O-])[O-].OC[PH3+].OC[PH3+].OC[PH3+].OC[PH3+]. The van der Waals surface area contributed by atoms with Crippen molar-refractivity contribution in [3.63, 3.8) is 0 Å². The van der Waals surface area contributed by atoms with E-state index >= 15 is 0 Å². The van der Waals surface area contributed by atoms with Gasteiger partial charge >= 0.3 is 0 Å². The molecule has 4 unspecified atom stereocenters. The predicted molar refractivity (Wildman–Crippen MR) is 91.1 cm³/mol. The number of rotatable bonds is 0. The second-order valence-corrected chi connectivity index (χ2v) is 4.52. The maximum atomic E-state index is 8.89. The summed E-state index contributed by atoms with van der Waals surface area (Å²) in [5, 5.41) is 39.2. The highest BCUT2D eigenvalue weighted by Gasteiger charge is 1.46. The Morgan fingerprint density at radius 2 is 0.857 bits per heavy atom. The Labute approximate surface area is 133 Å². The highest BCUT2D eigenvalue weighted by Crippen LogP contribution is 2.03. The Hall–Kier alpha value is 1.14. The van der Waals surface area contributed by atoms with Crippen LogP contribution in [0.15, 0.2) is 0 Å². The lowest BCUT2D eigenvalue weighted by atomic mass is 10.9. The number of carbonyl (C=O) groups is 1. The normalized spacial score (nSPS) is 8.00. The number of hydrogen-bond donors (Lipinski definition) is 4. The zero-order valence-corrected chi connectivity index (χ0v) is 18.4. The molecule has 4 atom stereocenters. The largest absolute Gasteiger partial charge is 0.822 e. The molecule has 0 rings (SSSR count). The number of aliphatic hydroxyl groups excluding tert-OH is 4. The molecule has 21 heavy (non-hydrogen) atoms. The van der Waals surface area contributed by atoms with Gasteiger partial charge in [-0.15, -0.1) is 0 Å². The molecule has 4 N–H and O–H groups in total. The fourth-order valence-corrected chi connectivity index (χ4v) is 0. The maximum Gasteiger partial charge on any atom is 0.147 e. The molecule has 0 saturated carbocycles. The number of carboxylic acid groups (broad SMARTS) is 1. The Morgan fingerprint density at radius 1 is 0.857 bits per heavy atom. The van der Waals surface area contributed by atoms with E-state index in [1.807, 2.05) is 0 Å². The van der Waals surface area contributed by atoms with Crippen LogP contribution in [0.4, 0.5) is 0 Å². The average Bonchev–Trinajstić information content (AvgIpc) is 2.17. The van der Waals surface area contributed by atoms with Crippen LogP contribution in [0.5, 0.6) is 0 Å². The summed E-state index contributed by atoms with van der Waals surface area (Å²) in [5.74, 6) is -1.08. The van der Waals surface area contributed by atoms with Crippen LogP contribution < -0.4 is 19.8 Å². The summed E-state index contributed by atoms with van der Waals surface area (Å²) in [6.45, 7) is 0.972. The van der Waals surface area contributed by atoms with Crippen molar-refractivity contribution in [1.29, 1.82) is 0 Å². The number of hydrogen-bond acceptors (Lipinski definition) is 10. The summed E-state index contributed by atoms with van der Waals surface area (Å²) >= 11 is 0. The zero-order chi connectivity index (χ0) is 18.9. The first kappa shape index (κ1) is 38.0. The lowest BCUT2D eigenvalue weighted by Gasteiger charge is -2.36. The molecule has 10 nitrogen and oxygen atoms in total. The van der Waals surface area contributed by atoms with Crippen LogP contribution in [0, 0.1) is 0 Å². The van der Waals surface area contributed by atoms with Crippen molar-refractivity contribution in [3.8, 4) is 0 Å². The second-order valence-electron chi connectivity index (χ2n) is 1.83. The van der Waals surface area contributed by atoms with Crippen molar-refractivity contribution < 1.29 is 49.6 Å². The van der Waals surface area contributed by atoms with Crippen LogP contribution in [-0.4, -0.2) is 51.8 Å². The summed E-state index contributed by atoms with van der Waals surface area (Å²) in [6, 6.07) is 0. The van der Waals surface area contributed by atoms with Crippen LogP contribution in [0.3, 0.4) is 0 Å². The van der Waals surface area contributed by atoms with Gasteiger partial charge < -0.3 is 49.6 Å². The Kier molecular flexibility index (Phi) is 77.6. The molecule has 0 spiro atoms. The van der Waals surface area contributed by atoms with Gasteiger partial charge in [-0.2, -0.15) is 7.82 Å². The second kappa shape index (κ2) is 42.9. The van der Waals surface area contributed by atoms with E-state index in [1.165, 1.54) is 37.0 Å². The molecule has 0 aromatic carbocycles. The van der Waals surface area contributed by atoms with E-state index in [-0.39, 0.29) is 25.4 Å². The number of aliphatic hydroxyl groups is 4. The topological polar surface area (TPSA) is 207 Å². The standard InChI is InChI=1S/C2H4O2.4CH5OP.H3O4P/c1-2(3)4;4*2-1-3;1-5(2,3)4/h1H3,(H,3,4);4*2H,1,3H2;(H3,1,2,3,4). The Balaban J connectivity index is -0.0000000327. The molecular formula is C6H27O10P5. The molecule has 0 aliphatic rings. The third-order valence-corrected chi connectivity index (χ3v) is 0. The number of carbonyl (C=O) groups excluding carboxylic acids is 1. The van der Waals surface area contributed by atoms with Gasteiger partial charge in [0.1, 0.15) is 25.4 Å². The third kappa shape index (κ3) is 5960. The quantitative estimate of drug-likeness (QED) is 0.276. The van der Waals surface area contributed by atoms with Crippen LogP contribution in [-0.2, 0) is 9.36 Å². The van der Waals surface area contributed by atoms with Crippen LogP contribution in [0.1, 0.15) is 6.92 Å². The van der Waals surface area contributed by atoms with Crippen molar-refractivity contribution in [3.05, 3.63) is 0 Å². The molecule has 0 radical (unpaired) electrons. The highest BCUT2D eigenvalue weighted by molar-refractivity contribution is 7.40. The van der Waals surface area contributed by atoms with Crippen LogP contribution in [0.2, 0.25) is 0 Å². The van der Waals surface area contributed by atoms with E-state index in [4.69, 9.17) is 49.6 Å². The van der Waals surface area contributed by atoms with E-state index < -0.39 is 13.8 Å². The maximum absolute atomic E-state index is 8.89. The smallest absolute Gasteiger partial charge is 0.147 e. The minimum atomic E-state index is -5.39. The first-order valence-electron chi connectivity index (χ1n) is 4.90. The summed E-state index contributed by atoms with van der Waals surface area (Å²) in [7, 11) is 0.728. The minimum Gasteiger partial charge on any atom is -0.822 e. The lowest BCUT2D eigenvalue weighted by molar-refractivity contribution is -0.432. The van der Waals surface area contributed by atoms with Gasteiger partial charge in [0.05, 0.1) is 0 Å². The Morgan fingerprint density at radius 3 is 0.857 bits per heavy atom. The summed E-state index contributed by atoms with van der Waals surface area (Å²) < 4.78 is 8.55. The third-order valence-electron chi connectivity index (χ3n) is 0. The van der Waals surface area contributed by atoms with Crippen molar-refractivity contribution in [2.45, 2.75) is 6.92 Å². The van der Waals surface area contributed by atoms with Gasteiger partial charge in [-0.3, -0.25) is 0 Å². The van der Waals surface area contributed by atoms with E-state index in [0.29, 0.717) is 0 Å². The highest BCUT2D eigenvalue weighted by atomic mass is 31.2. The fourth-order valence-electron chi connectivity index (χ4n) is 0. The van der Waals surface area contributed by atoms with Crippen molar-refractivity contribution >= 4 is 50.8 Å². The number of carboxylic acids is 1. The van der Waals surface area contributed by atoms with E-state index in [0.717, 1.165) is 6.92 Å². The molecule has 15 heteroatoms.